The van der Waals surface area contributed by atoms with Gasteiger partial charge < -0.3 is 15.5 Å². The molecule has 1 aromatic heterocycles. The van der Waals surface area contributed by atoms with Crippen LogP contribution in [-0.2, 0) is 13.0 Å². The minimum absolute atomic E-state index is 0.0222. The summed E-state index contributed by atoms with van der Waals surface area (Å²) in [6, 6.07) is 7.96. The predicted octanol–water partition coefficient (Wildman–Crippen LogP) is 2.52. The number of aromatic nitrogens is 1. The first-order valence-electron chi connectivity index (χ1n) is 9.27. The predicted molar refractivity (Wildman–Crippen MR) is 104 cm³/mol. The van der Waals surface area contributed by atoms with E-state index in [1.807, 2.05) is 0 Å². The van der Waals surface area contributed by atoms with E-state index in [1.54, 1.807) is 29.2 Å². The maximum Gasteiger partial charge on any atom is 0.259 e. The van der Waals surface area contributed by atoms with E-state index < -0.39 is 11.7 Å². The van der Waals surface area contributed by atoms with Crippen molar-refractivity contribution >= 4 is 23.4 Å². The molecule has 1 saturated heterocycles. The molecule has 8 heteroatoms. The molecular formula is C20H21FN6O. The van der Waals surface area contributed by atoms with E-state index in [-0.39, 0.29) is 17.2 Å². The van der Waals surface area contributed by atoms with Crippen LogP contribution in [0.1, 0.15) is 40.0 Å². The first-order chi connectivity index (χ1) is 13.5. The zero-order valence-corrected chi connectivity index (χ0v) is 15.3. The van der Waals surface area contributed by atoms with Gasteiger partial charge in [0.05, 0.1) is 5.56 Å². The summed E-state index contributed by atoms with van der Waals surface area (Å²) in [4.78, 5) is 18.5. The summed E-state index contributed by atoms with van der Waals surface area (Å²) in [6.45, 7) is 2.03. The van der Waals surface area contributed by atoms with Gasteiger partial charge in [-0.2, -0.15) is 0 Å². The van der Waals surface area contributed by atoms with Crippen molar-refractivity contribution in [2.75, 3.05) is 18.4 Å². The van der Waals surface area contributed by atoms with Gasteiger partial charge in [-0.1, -0.05) is 6.07 Å². The molecule has 0 unspecified atom stereocenters. The van der Waals surface area contributed by atoms with Crippen molar-refractivity contribution in [2.24, 2.45) is 0 Å². The van der Waals surface area contributed by atoms with Gasteiger partial charge in [-0.3, -0.25) is 15.6 Å². The number of rotatable bonds is 3. The second-order valence-corrected chi connectivity index (χ2v) is 6.94. The monoisotopic (exact) mass is 380 g/mol. The summed E-state index contributed by atoms with van der Waals surface area (Å²) in [5.74, 6) is -0.354. The minimum atomic E-state index is -0.573. The number of amidine groups is 2. The molecule has 2 aliphatic heterocycles. The number of carbonyl (C=O) groups excluding carboxylic acids is 1. The van der Waals surface area contributed by atoms with Crippen LogP contribution in [0.5, 0.6) is 0 Å². The summed E-state index contributed by atoms with van der Waals surface area (Å²) in [5.41, 5.74) is 2.19. The highest BCUT2D eigenvalue weighted by Gasteiger charge is 2.23. The van der Waals surface area contributed by atoms with Crippen molar-refractivity contribution in [1.29, 1.82) is 10.8 Å². The van der Waals surface area contributed by atoms with E-state index >= 15 is 0 Å². The minimum Gasteiger partial charge on any atom is -0.314 e. The lowest BCUT2D eigenvalue weighted by atomic mass is 9.98. The molecule has 144 valence electrons. The van der Waals surface area contributed by atoms with Gasteiger partial charge in [0.15, 0.2) is 5.84 Å². The van der Waals surface area contributed by atoms with Gasteiger partial charge in [0.2, 0.25) is 0 Å². The van der Waals surface area contributed by atoms with Crippen molar-refractivity contribution < 1.29 is 9.18 Å². The maximum atomic E-state index is 14.4. The Morgan fingerprint density at radius 2 is 2.11 bits per heavy atom. The van der Waals surface area contributed by atoms with Gasteiger partial charge in [-0.05, 0) is 54.8 Å². The van der Waals surface area contributed by atoms with Gasteiger partial charge in [-0.15, -0.1) is 0 Å². The largest absolute Gasteiger partial charge is 0.314 e. The highest BCUT2D eigenvalue weighted by Crippen LogP contribution is 2.21. The van der Waals surface area contributed by atoms with E-state index in [0.717, 1.165) is 30.5 Å². The quantitative estimate of drug-likeness (QED) is 0.485. The summed E-state index contributed by atoms with van der Waals surface area (Å²) >= 11 is 0. The van der Waals surface area contributed by atoms with Crippen LogP contribution >= 0.6 is 0 Å². The molecule has 3 heterocycles. The average molecular weight is 380 g/mol. The standard InChI is InChI=1S/C20H21FN6O/c21-15-10-12-6-7-24-11-13(12)9-14(15)20(28)26-18-5-1-3-16(25-18)19(23)27-8-2-4-17(27)22/h1,3,5,9-10,22-24H,2,4,6-8,11H2,(H,25,26,28). The zero-order valence-electron chi connectivity index (χ0n) is 15.3. The summed E-state index contributed by atoms with van der Waals surface area (Å²) in [5, 5.41) is 22.0. The number of nitrogens with zero attached hydrogens (tertiary/aromatic N) is 2. The van der Waals surface area contributed by atoms with Crippen LogP contribution < -0.4 is 10.6 Å². The van der Waals surface area contributed by atoms with Crippen LogP contribution in [0, 0.1) is 16.6 Å². The topological polar surface area (TPSA) is 105 Å². The number of likely N-dealkylation sites (tertiary alicyclic amines) is 1. The molecule has 1 aromatic carbocycles. The fourth-order valence-electron chi connectivity index (χ4n) is 3.56. The molecular weight excluding hydrogens is 359 g/mol. The molecule has 7 nitrogen and oxygen atoms in total. The van der Waals surface area contributed by atoms with E-state index in [1.165, 1.54) is 6.07 Å². The maximum absolute atomic E-state index is 14.4. The Kier molecular flexibility index (Phi) is 4.87. The number of pyridine rings is 1. The second kappa shape index (κ2) is 7.47. The Balaban J connectivity index is 1.54. The van der Waals surface area contributed by atoms with E-state index in [4.69, 9.17) is 10.8 Å². The Bertz CT molecular complexity index is 973. The average Bonchev–Trinajstić information content (AvgIpc) is 3.13. The van der Waals surface area contributed by atoms with Crippen molar-refractivity contribution in [3.8, 4) is 0 Å². The van der Waals surface area contributed by atoms with E-state index in [2.05, 4.69) is 15.6 Å². The molecule has 2 aliphatic rings. The first-order valence-corrected chi connectivity index (χ1v) is 9.27. The van der Waals surface area contributed by atoms with Crippen LogP contribution in [0.25, 0.3) is 0 Å². The highest BCUT2D eigenvalue weighted by molar-refractivity contribution is 6.07. The number of hydrogen-bond donors (Lipinski definition) is 4. The number of benzene rings is 1. The van der Waals surface area contributed by atoms with Gasteiger partial charge in [-0.25, -0.2) is 9.37 Å². The fraction of sp³-hybridized carbons (Fsp3) is 0.300. The highest BCUT2D eigenvalue weighted by atomic mass is 19.1. The molecule has 4 rings (SSSR count). The fourth-order valence-corrected chi connectivity index (χ4v) is 3.56. The summed E-state index contributed by atoms with van der Waals surface area (Å²) in [6.07, 6.45) is 2.22. The molecule has 2 aromatic rings. The SMILES string of the molecule is N=C1CCCN1C(=N)c1cccc(NC(=O)c2cc3c(cc2F)CCNC3)n1. The second-order valence-electron chi connectivity index (χ2n) is 6.94. The molecule has 1 fully saturated rings. The van der Waals surface area contributed by atoms with Gasteiger partial charge >= 0.3 is 0 Å². The van der Waals surface area contributed by atoms with Crippen LogP contribution in [0.3, 0.4) is 0 Å². The summed E-state index contributed by atoms with van der Waals surface area (Å²) < 4.78 is 14.4. The van der Waals surface area contributed by atoms with Crippen molar-refractivity contribution in [1.82, 2.24) is 15.2 Å². The molecule has 1 amide bonds. The third kappa shape index (κ3) is 3.50. The Morgan fingerprint density at radius 3 is 2.89 bits per heavy atom. The van der Waals surface area contributed by atoms with Crippen LogP contribution in [0.2, 0.25) is 0 Å². The number of anilines is 1. The van der Waals surface area contributed by atoms with Gasteiger partial charge in [0.25, 0.3) is 5.91 Å². The smallest absolute Gasteiger partial charge is 0.259 e. The van der Waals surface area contributed by atoms with Gasteiger partial charge in [0.1, 0.15) is 23.2 Å². The van der Waals surface area contributed by atoms with Crippen molar-refractivity contribution in [2.45, 2.75) is 25.8 Å². The number of carbonyl (C=O) groups is 1. The third-order valence-corrected chi connectivity index (χ3v) is 5.04. The van der Waals surface area contributed by atoms with E-state index in [9.17, 15) is 9.18 Å². The molecule has 0 atom stereocenters. The summed E-state index contributed by atoms with van der Waals surface area (Å²) in [7, 11) is 0. The molecule has 0 spiro atoms. The Labute approximate surface area is 162 Å². The molecule has 0 radical (unpaired) electrons. The van der Waals surface area contributed by atoms with Crippen molar-refractivity contribution in [3.63, 3.8) is 0 Å². The number of fused-ring (bicyclic) bond motifs is 1. The van der Waals surface area contributed by atoms with Crippen LogP contribution in [0.4, 0.5) is 10.2 Å². The molecule has 0 aliphatic carbocycles. The van der Waals surface area contributed by atoms with Gasteiger partial charge in [0, 0.05) is 19.5 Å². The molecule has 0 bridgehead atoms. The van der Waals surface area contributed by atoms with E-state index in [0.29, 0.717) is 31.0 Å². The Hall–Kier alpha value is -3.13. The number of amides is 1. The number of nitrogens with one attached hydrogen (secondary N) is 4. The zero-order chi connectivity index (χ0) is 19.7. The normalized spacial score (nSPS) is 16.0. The van der Waals surface area contributed by atoms with Crippen molar-refractivity contribution in [3.05, 3.63) is 58.5 Å². The number of halogens is 1. The molecule has 0 saturated carbocycles. The van der Waals surface area contributed by atoms with Crippen LogP contribution in [0.15, 0.2) is 30.3 Å². The first kappa shape index (κ1) is 18.2. The lowest BCUT2D eigenvalue weighted by Gasteiger charge is -2.19. The molecule has 28 heavy (non-hydrogen) atoms. The lowest BCUT2D eigenvalue weighted by Crippen LogP contribution is -2.32. The third-order valence-electron chi connectivity index (χ3n) is 5.04. The molecule has 4 N–H and O–H groups in total. The number of hydrogen-bond acceptors (Lipinski definition) is 5. The lowest BCUT2D eigenvalue weighted by molar-refractivity contribution is 0.102. The van der Waals surface area contributed by atoms with Crippen LogP contribution in [-0.4, -0.2) is 40.6 Å². The Morgan fingerprint density at radius 1 is 1.25 bits per heavy atom.